The number of carboxylic acid groups (broad SMARTS) is 1. The van der Waals surface area contributed by atoms with Gasteiger partial charge in [0, 0.05) is 11.4 Å². The summed E-state index contributed by atoms with van der Waals surface area (Å²) in [6.07, 6.45) is 0.433. The number of carbonyl (C=O) groups excluding carboxylic acids is 1. The lowest BCUT2D eigenvalue weighted by Gasteiger charge is -2.20. The third-order valence-corrected chi connectivity index (χ3v) is 13.0. The molecule has 1 aromatic heterocycles. The maximum Gasteiger partial charge on any atom is 0.335 e. The lowest BCUT2D eigenvalue weighted by atomic mass is 9.92. The van der Waals surface area contributed by atoms with Gasteiger partial charge in [-0.15, -0.1) is 10.2 Å². The highest BCUT2D eigenvalue weighted by Crippen LogP contribution is 2.42. The van der Waals surface area contributed by atoms with Crippen LogP contribution in [-0.4, -0.2) is 102 Å². The van der Waals surface area contributed by atoms with E-state index in [1.807, 2.05) is 0 Å². The van der Waals surface area contributed by atoms with Gasteiger partial charge in [-0.1, -0.05) is 0 Å². The number of hydrogen-bond acceptors (Lipinski definition) is 22. The number of nitrogens with zero attached hydrogens (tertiary/aromatic N) is 6. The van der Waals surface area contributed by atoms with E-state index in [0.717, 1.165) is 18.2 Å². The zero-order valence-electron chi connectivity index (χ0n) is 31.7. The number of Topliss-reactive ketones (excluding diaryl/α,β-unsaturated/α-hetero) is 1. The number of carboxylic acids is 1. The molecule has 0 aliphatic heterocycles. The predicted octanol–water partition coefficient (Wildman–Crippen LogP) is 3.59. The molecule has 0 saturated heterocycles. The maximum atomic E-state index is 14.1. The first-order valence-corrected chi connectivity index (χ1v) is 24.4. The molecule has 0 amide bonds. The summed E-state index contributed by atoms with van der Waals surface area (Å²) in [7, 11) is -26.6. The van der Waals surface area contributed by atoms with Gasteiger partial charge in [-0.3, -0.25) is 33.0 Å². The molecule has 0 fully saturated rings. The van der Waals surface area contributed by atoms with Crippen molar-refractivity contribution in [3.05, 3.63) is 93.6 Å². The first kappa shape index (κ1) is 48.5. The summed E-state index contributed by atoms with van der Waals surface area (Å²) in [5, 5.41) is 24.7. The fourth-order valence-electron chi connectivity index (χ4n) is 5.61. The van der Waals surface area contributed by atoms with E-state index in [2.05, 4.69) is 46.3 Å². The van der Waals surface area contributed by atoms with Crippen molar-refractivity contribution in [1.29, 1.82) is 0 Å². The van der Waals surface area contributed by atoms with Crippen LogP contribution in [0.5, 0.6) is 0 Å². The van der Waals surface area contributed by atoms with Crippen molar-refractivity contribution in [1.82, 2.24) is 15.0 Å². The summed E-state index contributed by atoms with van der Waals surface area (Å²) in [5.41, 5.74) is 1.33. The van der Waals surface area contributed by atoms with Crippen LogP contribution < -0.4 is 21.8 Å². The summed E-state index contributed by atoms with van der Waals surface area (Å²) in [5.74, 6) is -3.27. The molecule has 5 aromatic rings. The minimum Gasteiger partial charge on any atom is -0.478 e. The van der Waals surface area contributed by atoms with E-state index in [0.29, 0.717) is 36.0 Å². The predicted molar refractivity (Wildman–Crippen MR) is 227 cm³/mol. The van der Waals surface area contributed by atoms with E-state index in [9.17, 15) is 74.4 Å². The largest absolute Gasteiger partial charge is 0.478 e. The highest BCUT2D eigenvalue weighted by Gasteiger charge is 2.37. The molecule has 0 bridgehead atoms. The Morgan fingerprint density at radius 3 is 1.76 bits per heavy atom. The molecule has 11 N–H and O–H groups in total. The van der Waals surface area contributed by atoms with E-state index in [-0.39, 0.29) is 28.4 Å². The number of hydrogen-bond donors (Lipinski definition) is 10. The molecule has 1 aliphatic rings. The number of aromatic carboxylic acids is 1. The highest BCUT2D eigenvalue weighted by molar-refractivity contribution is 7.91. The number of hydrazone groups is 1. The molecule has 0 unspecified atom stereocenters. The summed E-state index contributed by atoms with van der Waals surface area (Å²) in [6, 6.07) is 9.83. The molecule has 34 heteroatoms. The first-order valence-electron chi connectivity index (χ1n) is 16.8. The van der Waals surface area contributed by atoms with Gasteiger partial charge < -0.3 is 21.5 Å². The minimum atomic E-state index is -5.55. The smallest absolute Gasteiger partial charge is 0.335 e. The van der Waals surface area contributed by atoms with Crippen LogP contribution in [0.25, 0.3) is 6.08 Å². The zero-order chi connectivity index (χ0) is 48.9. The molecule has 346 valence electrons. The van der Waals surface area contributed by atoms with Crippen LogP contribution >= 0.6 is 11.6 Å². The minimum absolute atomic E-state index is 0.0270. The number of anilines is 6. The van der Waals surface area contributed by atoms with Crippen molar-refractivity contribution in [2.45, 2.75) is 19.6 Å². The molecule has 1 heterocycles. The molecule has 6 rings (SSSR count). The lowest BCUT2D eigenvalue weighted by Crippen LogP contribution is -2.28. The Hall–Kier alpha value is -6.92. The number of allylic oxidation sites excluding steroid dienone is 1. The maximum absolute atomic E-state index is 14.1. The van der Waals surface area contributed by atoms with Crippen LogP contribution in [0, 0.1) is 0 Å². The van der Waals surface area contributed by atoms with Crippen molar-refractivity contribution < 1.29 is 79.5 Å². The van der Waals surface area contributed by atoms with E-state index in [1.165, 1.54) is 24.3 Å². The molecule has 66 heavy (non-hydrogen) atoms. The van der Waals surface area contributed by atoms with Gasteiger partial charge in [0.05, 0.1) is 27.4 Å². The van der Waals surface area contributed by atoms with Crippen LogP contribution in [-0.2, 0) is 50.6 Å². The third kappa shape index (κ3) is 10.8. The molecular weight excluding hydrogens is 1010 g/mol. The van der Waals surface area contributed by atoms with E-state index < -0.39 is 126 Å². The number of nitrogen functional groups attached to an aromatic ring is 1. The molecule has 4 aromatic carbocycles. The number of nitrogens with two attached hydrogens (primary N) is 1. The second kappa shape index (κ2) is 17.5. The second-order valence-corrected chi connectivity index (χ2v) is 20.1. The van der Waals surface area contributed by atoms with Crippen molar-refractivity contribution >= 4 is 132 Å². The van der Waals surface area contributed by atoms with Gasteiger partial charge in [0.2, 0.25) is 23.0 Å². The fourth-order valence-corrected chi connectivity index (χ4v) is 8.82. The molecule has 0 spiro atoms. The average Bonchev–Trinajstić information content (AvgIpc) is 3.18. The summed E-state index contributed by atoms with van der Waals surface area (Å²) < 4.78 is 172. The normalized spacial score (nSPS) is 14.2. The Bertz CT molecular complexity index is 3610. The van der Waals surface area contributed by atoms with Gasteiger partial charge >= 0.3 is 5.97 Å². The van der Waals surface area contributed by atoms with Crippen LogP contribution in [0.2, 0.25) is 5.28 Å². The number of fused-ring (bicyclic) bond motifs is 1. The third-order valence-electron chi connectivity index (χ3n) is 8.41. The van der Waals surface area contributed by atoms with E-state index in [1.54, 1.807) is 0 Å². The van der Waals surface area contributed by atoms with E-state index in [4.69, 9.17) is 22.4 Å². The Kier molecular flexibility index (Phi) is 12.8. The fraction of sp³-hybridized carbons (Fsp3) is 0. The zero-order valence-corrected chi connectivity index (χ0v) is 36.5. The molecule has 0 radical (unpaired) electrons. The number of ketones is 1. The summed E-state index contributed by atoms with van der Waals surface area (Å²) in [6.45, 7) is 0. The van der Waals surface area contributed by atoms with Gasteiger partial charge in [0.25, 0.3) is 50.6 Å². The van der Waals surface area contributed by atoms with Gasteiger partial charge in [-0.2, -0.15) is 62.1 Å². The van der Waals surface area contributed by atoms with Gasteiger partial charge in [-0.05, 0) is 90.0 Å². The lowest BCUT2D eigenvalue weighted by molar-refractivity contribution is 0.0696. The summed E-state index contributed by atoms with van der Waals surface area (Å²) in [4.78, 5) is 31.3. The van der Waals surface area contributed by atoms with Crippen molar-refractivity contribution in [3.63, 3.8) is 0 Å². The molecular formula is C32H23ClN10O18S5. The Morgan fingerprint density at radius 1 is 0.652 bits per heavy atom. The molecule has 28 nitrogen and oxygen atoms in total. The number of nitrogens with one attached hydrogen (secondary N) is 3. The standard InChI is InChI=1S/C32H23ClN10O18S5/c33-30-37-31(35-15-3-1-13(2-4-15)29(45)46)39-32(38-30)36-16-5-7-20(63(50,51)52)18(11-16)40-43-27-23(66(59,60)61)10-14-9-22(65(56,57)58)26(25(34)24(14)28(27)44)42-41-19-12-17(62(47,48)49)6-8-21(19)64(53,54)55/h1-12,40H,34H2,(H,45,46)(H,47,48,49)(H,50,51,52)(H,53,54,55)(H,56,57,58)(H,59,60,61)(H2,35,36,37,38,39)/b42-41?,43-27-. The van der Waals surface area contributed by atoms with Crippen LogP contribution in [0.3, 0.4) is 0 Å². The van der Waals surface area contributed by atoms with Gasteiger partial charge in [0.1, 0.15) is 31.0 Å². The molecule has 0 atom stereocenters. The van der Waals surface area contributed by atoms with E-state index >= 15 is 0 Å². The number of halogens is 1. The van der Waals surface area contributed by atoms with Crippen LogP contribution in [0.4, 0.5) is 46.0 Å². The van der Waals surface area contributed by atoms with Crippen molar-refractivity contribution in [3.8, 4) is 0 Å². The Labute approximate surface area is 374 Å². The van der Waals surface area contributed by atoms with Crippen LogP contribution in [0.1, 0.15) is 26.3 Å². The number of azo groups is 1. The number of carbonyl (C=O) groups is 2. The van der Waals surface area contributed by atoms with Crippen LogP contribution in [0.15, 0.2) is 107 Å². The summed E-state index contributed by atoms with van der Waals surface area (Å²) >= 11 is 6.05. The molecule has 0 saturated carbocycles. The van der Waals surface area contributed by atoms with Crippen molar-refractivity contribution in [2.24, 2.45) is 15.3 Å². The molecule has 1 aliphatic carbocycles. The Morgan fingerprint density at radius 2 is 1.21 bits per heavy atom. The second-order valence-electron chi connectivity index (χ2n) is 12.8. The average molecular weight is 1030 g/mol. The number of benzene rings is 4. The topological polar surface area (TPSA) is 464 Å². The van der Waals surface area contributed by atoms with Gasteiger partial charge in [0.15, 0.2) is 5.71 Å². The Balaban J connectivity index is 1.43. The quantitative estimate of drug-likeness (QED) is 0.0329. The highest BCUT2D eigenvalue weighted by atomic mass is 35.5. The van der Waals surface area contributed by atoms with Crippen molar-refractivity contribution in [2.75, 3.05) is 21.8 Å². The number of rotatable bonds is 14. The first-order chi connectivity index (χ1) is 30.4. The number of aromatic nitrogens is 3. The van der Waals surface area contributed by atoms with Gasteiger partial charge in [-0.25, -0.2) is 4.79 Å². The monoisotopic (exact) mass is 1030 g/mol. The SMILES string of the molecule is Nc1c(N=Nc2cc(S(=O)(=O)O)ccc2S(=O)(=O)O)c(S(=O)(=O)O)cc2c1C(=O)/C(=N\Nc1cc(Nc3nc(Cl)nc(Nc4ccc(C(=O)O)cc4)n3)ccc1S(=O)(=O)O)C(S(=O)(=O)O)=C2.